The summed E-state index contributed by atoms with van der Waals surface area (Å²) < 4.78 is 39.8. The molecule has 0 aliphatic heterocycles. The molecule has 2 nitrogen and oxygen atoms in total. The van der Waals surface area contributed by atoms with E-state index in [1.807, 2.05) is 13.8 Å². The third kappa shape index (κ3) is 4.56. The van der Waals surface area contributed by atoms with Gasteiger partial charge < -0.3 is 10.5 Å². The van der Waals surface area contributed by atoms with Gasteiger partial charge in [0.1, 0.15) is 5.75 Å². The monoisotopic (exact) mass is 261 g/mol. The van der Waals surface area contributed by atoms with Gasteiger partial charge >= 0.3 is 6.36 Å². The average molecular weight is 261 g/mol. The smallest absolute Gasteiger partial charge is 0.406 e. The zero-order valence-corrected chi connectivity index (χ0v) is 10.5. The lowest BCUT2D eigenvalue weighted by atomic mass is 9.91. The molecular weight excluding hydrogens is 243 g/mol. The molecular formula is C13H18F3NO. The normalized spacial score (nSPS) is 15.2. The first-order valence-electron chi connectivity index (χ1n) is 5.94. The summed E-state index contributed by atoms with van der Waals surface area (Å²) in [4.78, 5) is 0. The fraction of sp³-hybridized carbons (Fsp3) is 0.538. The highest BCUT2D eigenvalue weighted by Gasteiger charge is 2.31. The van der Waals surface area contributed by atoms with Gasteiger partial charge in [0.2, 0.25) is 0 Å². The molecule has 1 rings (SSSR count). The van der Waals surface area contributed by atoms with E-state index in [1.54, 1.807) is 12.1 Å². The van der Waals surface area contributed by atoms with Crippen LogP contribution in [0.15, 0.2) is 24.3 Å². The van der Waals surface area contributed by atoms with E-state index in [0.29, 0.717) is 0 Å². The zero-order chi connectivity index (χ0) is 13.8. The van der Waals surface area contributed by atoms with Crippen LogP contribution in [0.25, 0.3) is 0 Å². The lowest BCUT2D eigenvalue weighted by Gasteiger charge is -2.20. The Labute approximate surface area is 105 Å². The molecule has 18 heavy (non-hydrogen) atoms. The van der Waals surface area contributed by atoms with Crippen molar-refractivity contribution in [3.63, 3.8) is 0 Å². The van der Waals surface area contributed by atoms with Gasteiger partial charge in [-0.05, 0) is 30.0 Å². The molecule has 0 aromatic heterocycles. The van der Waals surface area contributed by atoms with E-state index in [4.69, 9.17) is 5.73 Å². The van der Waals surface area contributed by atoms with E-state index < -0.39 is 6.36 Å². The molecule has 2 atom stereocenters. The zero-order valence-electron chi connectivity index (χ0n) is 10.5. The van der Waals surface area contributed by atoms with Gasteiger partial charge in [-0.2, -0.15) is 0 Å². The number of benzene rings is 1. The van der Waals surface area contributed by atoms with E-state index in [-0.39, 0.29) is 17.7 Å². The summed E-state index contributed by atoms with van der Waals surface area (Å²) in [7, 11) is 0. The van der Waals surface area contributed by atoms with E-state index in [0.717, 1.165) is 18.4 Å². The fourth-order valence-corrected chi connectivity index (χ4v) is 1.80. The number of halogens is 3. The van der Waals surface area contributed by atoms with Crippen molar-refractivity contribution in [1.29, 1.82) is 0 Å². The molecule has 0 bridgehead atoms. The summed E-state index contributed by atoms with van der Waals surface area (Å²) in [5, 5.41) is 0. The summed E-state index contributed by atoms with van der Waals surface area (Å²) in [6, 6.07) is 5.91. The SMILES string of the molecule is CCCC(N)C(C)c1ccc(OC(F)(F)F)cc1. The minimum absolute atomic E-state index is 0.0179. The fourth-order valence-electron chi connectivity index (χ4n) is 1.80. The Kier molecular flexibility index (Phi) is 5.02. The van der Waals surface area contributed by atoms with Gasteiger partial charge in [-0.15, -0.1) is 13.2 Å². The van der Waals surface area contributed by atoms with Crippen molar-refractivity contribution in [3.8, 4) is 5.75 Å². The van der Waals surface area contributed by atoms with E-state index in [2.05, 4.69) is 4.74 Å². The quantitative estimate of drug-likeness (QED) is 0.874. The molecule has 0 saturated heterocycles. The van der Waals surface area contributed by atoms with E-state index >= 15 is 0 Å². The van der Waals surface area contributed by atoms with Crippen molar-refractivity contribution in [1.82, 2.24) is 0 Å². The Hall–Kier alpha value is -1.23. The number of nitrogens with two attached hydrogens (primary N) is 1. The lowest BCUT2D eigenvalue weighted by Crippen LogP contribution is -2.26. The number of alkyl halides is 3. The summed E-state index contributed by atoms with van der Waals surface area (Å²) in [5.41, 5.74) is 6.91. The first-order valence-corrected chi connectivity index (χ1v) is 5.94. The molecule has 0 saturated carbocycles. The Bertz CT molecular complexity index is 361. The largest absolute Gasteiger partial charge is 0.573 e. The maximum absolute atomic E-state index is 12.0. The van der Waals surface area contributed by atoms with Crippen molar-refractivity contribution < 1.29 is 17.9 Å². The molecule has 0 radical (unpaired) electrons. The van der Waals surface area contributed by atoms with Gasteiger partial charge in [0.25, 0.3) is 0 Å². The molecule has 1 aromatic carbocycles. The third-order valence-electron chi connectivity index (χ3n) is 2.90. The van der Waals surface area contributed by atoms with Crippen LogP contribution in [0.5, 0.6) is 5.75 Å². The van der Waals surface area contributed by atoms with Crippen LogP contribution < -0.4 is 10.5 Å². The van der Waals surface area contributed by atoms with Crippen LogP contribution in [-0.2, 0) is 0 Å². The molecule has 0 amide bonds. The second-order valence-corrected chi connectivity index (χ2v) is 4.36. The van der Waals surface area contributed by atoms with Gasteiger partial charge in [-0.1, -0.05) is 32.4 Å². The van der Waals surface area contributed by atoms with Crippen LogP contribution in [0.1, 0.15) is 38.2 Å². The minimum atomic E-state index is -4.65. The van der Waals surface area contributed by atoms with Crippen LogP contribution in [0.3, 0.4) is 0 Å². The maximum atomic E-state index is 12.0. The second-order valence-electron chi connectivity index (χ2n) is 4.36. The van der Waals surface area contributed by atoms with Crippen molar-refractivity contribution in [3.05, 3.63) is 29.8 Å². The van der Waals surface area contributed by atoms with Crippen LogP contribution in [0, 0.1) is 0 Å². The topological polar surface area (TPSA) is 35.2 Å². The summed E-state index contributed by atoms with van der Waals surface area (Å²) >= 11 is 0. The van der Waals surface area contributed by atoms with Crippen LogP contribution in [-0.4, -0.2) is 12.4 Å². The standard InChI is InChI=1S/C13H18F3NO/c1-3-4-12(17)9(2)10-5-7-11(8-6-10)18-13(14,15)16/h5-9,12H,3-4,17H2,1-2H3. The Morgan fingerprint density at radius 3 is 2.22 bits per heavy atom. The Morgan fingerprint density at radius 2 is 1.78 bits per heavy atom. The van der Waals surface area contributed by atoms with Crippen molar-refractivity contribution >= 4 is 0 Å². The molecule has 102 valence electrons. The predicted octanol–water partition coefficient (Wildman–Crippen LogP) is 3.82. The maximum Gasteiger partial charge on any atom is 0.573 e. The van der Waals surface area contributed by atoms with Gasteiger partial charge in [0, 0.05) is 6.04 Å². The number of rotatable bonds is 5. The molecule has 2 unspecified atom stereocenters. The van der Waals surface area contributed by atoms with Crippen molar-refractivity contribution in [2.45, 2.75) is 45.0 Å². The molecule has 2 N–H and O–H groups in total. The third-order valence-corrected chi connectivity index (χ3v) is 2.90. The molecule has 0 aliphatic rings. The first kappa shape index (κ1) is 14.8. The number of ether oxygens (including phenoxy) is 1. The number of hydrogen-bond acceptors (Lipinski definition) is 2. The highest BCUT2D eigenvalue weighted by molar-refractivity contribution is 5.30. The highest BCUT2D eigenvalue weighted by Crippen LogP contribution is 2.26. The van der Waals surface area contributed by atoms with Gasteiger partial charge in [0.05, 0.1) is 0 Å². The predicted molar refractivity (Wildman–Crippen MR) is 64.4 cm³/mol. The molecule has 0 aliphatic carbocycles. The molecule has 0 fully saturated rings. The summed E-state index contributed by atoms with van der Waals surface area (Å²) in [5.74, 6) is -0.0904. The highest BCUT2D eigenvalue weighted by atomic mass is 19.4. The molecule has 1 aromatic rings. The van der Waals surface area contributed by atoms with Crippen LogP contribution >= 0.6 is 0 Å². The minimum Gasteiger partial charge on any atom is -0.406 e. The molecule has 0 spiro atoms. The molecule has 0 heterocycles. The van der Waals surface area contributed by atoms with E-state index in [1.165, 1.54) is 12.1 Å². The molecule has 5 heteroatoms. The lowest BCUT2D eigenvalue weighted by molar-refractivity contribution is -0.274. The summed E-state index contributed by atoms with van der Waals surface area (Å²) in [6.07, 6.45) is -2.77. The Balaban J connectivity index is 2.70. The van der Waals surface area contributed by atoms with Crippen molar-refractivity contribution in [2.75, 3.05) is 0 Å². The van der Waals surface area contributed by atoms with E-state index in [9.17, 15) is 13.2 Å². The van der Waals surface area contributed by atoms with Crippen LogP contribution in [0.2, 0.25) is 0 Å². The van der Waals surface area contributed by atoms with Crippen LogP contribution in [0.4, 0.5) is 13.2 Å². The van der Waals surface area contributed by atoms with Gasteiger partial charge in [-0.3, -0.25) is 0 Å². The second kappa shape index (κ2) is 6.09. The average Bonchev–Trinajstić information content (AvgIpc) is 2.27. The summed E-state index contributed by atoms with van der Waals surface area (Å²) in [6.45, 7) is 4.02. The van der Waals surface area contributed by atoms with Gasteiger partial charge in [-0.25, -0.2) is 0 Å². The van der Waals surface area contributed by atoms with Crippen molar-refractivity contribution in [2.24, 2.45) is 5.73 Å². The van der Waals surface area contributed by atoms with Gasteiger partial charge in [0.15, 0.2) is 0 Å². The number of hydrogen-bond donors (Lipinski definition) is 1. The first-order chi connectivity index (χ1) is 8.33. The Morgan fingerprint density at radius 1 is 1.22 bits per heavy atom.